The second-order valence-corrected chi connectivity index (χ2v) is 8.26. The maximum absolute atomic E-state index is 11.9. The van der Waals surface area contributed by atoms with Crippen LogP contribution in [0.15, 0.2) is 47.4 Å². The molecule has 2 N–H and O–H groups in total. The molecule has 156 valence electrons. The molecule has 30 heavy (non-hydrogen) atoms. The number of nitrogens with one attached hydrogen (secondary N) is 2. The van der Waals surface area contributed by atoms with Crippen LogP contribution in [-0.4, -0.2) is 23.7 Å². The van der Waals surface area contributed by atoms with Gasteiger partial charge in [-0.3, -0.25) is 19.7 Å². The van der Waals surface area contributed by atoms with Crippen molar-refractivity contribution in [1.29, 1.82) is 0 Å². The second kappa shape index (κ2) is 10.5. The van der Waals surface area contributed by atoms with Crippen LogP contribution in [0.1, 0.15) is 24.0 Å². The molecule has 0 radical (unpaired) electrons. The first-order valence-corrected chi connectivity index (χ1v) is 10.7. The lowest BCUT2D eigenvalue weighted by atomic mass is 10.2. The summed E-state index contributed by atoms with van der Waals surface area (Å²) in [7, 11) is 0. The Morgan fingerprint density at radius 2 is 1.90 bits per heavy atom. The van der Waals surface area contributed by atoms with E-state index in [0.717, 1.165) is 17.3 Å². The van der Waals surface area contributed by atoms with Gasteiger partial charge in [0.25, 0.3) is 11.1 Å². The molecule has 0 aromatic heterocycles. The van der Waals surface area contributed by atoms with E-state index in [1.807, 2.05) is 12.1 Å². The Bertz CT molecular complexity index is 993. The molecule has 1 fully saturated rings. The van der Waals surface area contributed by atoms with Crippen molar-refractivity contribution in [3.05, 3.63) is 68.5 Å². The maximum Gasteiger partial charge on any atom is 0.290 e. The number of hydrogen-bond acceptors (Lipinski definition) is 5. The van der Waals surface area contributed by atoms with Crippen molar-refractivity contribution < 1.29 is 19.1 Å². The molecule has 1 aliphatic rings. The third-order valence-corrected chi connectivity index (χ3v) is 5.46. The molecule has 0 bridgehead atoms. The van der Waals surface area contributed by atoms with Crippen molar-refractivity contribution in [3.63, 3.8) is 0 Å². The van der Waals surface area contributed by atoms with E-state index in [1.54, 1.807) is 36.4 Å². The zero-order valence-corrected chi connectivity index (χ0v) is 18.1. The SMILES string of the molecule is O=C(CCCOc1ccc(/C=C2\SC(=O)NC2=O)cc1Cl)NCc1ccc(Cl)cc1. The van der Waals surface area contributed by atoms with Crippen LogP contribution < -0.4 is 15.4 Å². The van der Waals surface area contributed by atoms with E-state index < -0.39 is 11.1 Å². The molecule has 0 saturated carbocycles. The Hall–Kier alpha value is -2.48. The number of carbonyl (C=O) groups excluding carboxylic acids is 3. The molecule has 1 saturated heterocycles. The van der Waals surface area contributed by atoms with Gasteiger partial charge in [-0.1, -0.05) is 41.4 Å². The summed E-state index contributed by atoms with van der Waals surface area (Å²) in [6.07, 6.45) is 2.45. The molecular formula is C21H18Cl2N2O4S. The van der Waals surface area contributed by atoms with Gasteiger partial charge in [-0.05, 0) is 59.7 Å². The Morgan fingerprint density at radius 1 is 1.13 bits per heavy atom. The maximum atomic E-state index is 11.9. The third-order valence-electron chi connectivity index (χ3n) is 4.10. The first kappa shape index (κ1) is 22.2. The quantitative estimate of drug-likeness (QED) is 0.433. The second-order valence-electron chi connectivity index (χ2n) is 6.40. The zero-order chi connectivity index (χ0) is 21.5. The number of amides is 3. The van der Waals surface area contributed by atoms with Crippen LogP contribution in [0.2, 0.25) is 10.0 Å². The van der Waals surface area contributed by atoms with Crippen LogP contribution in [0.25, 0.3) is 6.08 Å². The van der Waals surface area contributed by atoms with Crippen LogP contribution in [0.5, 0.6) is 5.75 Å². The van der Waals surface area contributed by atoms with Crippen LogP contribution in [-0.2, 0) is 16.1 Å². The van der Waals surface area contributed by atoms with Gasteiger partial charge in [0, 0.05) is 18.0 Å². The molecule has 2 aromatic carbocycles. The van der Waals surface area contributed by atoms with Crippen LogP contribution in [0, 0.1) is 0 Å². The number of carbonyl (C=O) groups is 3. The number of rotatable bonds is 8. The largest absolute Gasteiger partial charge is 0.492 e. The highest BCUT2D eigenvalue weighted by Gasteiger charge is 2.24. The number of imide groups is 1. The van der Waals surface area contributed by atoms with Gasteiger partial charge in [0.2, 0.25) is 5.91 Å². The van der Waals surface area contributed by atoms with E-state index >= 15 is 0 Å². The lowest BCUT2D eigenvalue weighted by molar-refractivity contribution is -0.121. The molecule has 0 aliphatic carbocycles. The highest BCUT2D eigenvalue weighted by Crippen LogP contribution is 2.30. The van der Waals surface area contributed by atoms with Crippen molar-refractivity contribution in [2.24, 2.45) is 0 Å². The topological polar surface area (TPSA) is 84.5 Å². The van der Waals surface area contributed by atoms with Crippen molar-refractivity contribution in [1.82, 2.24) is 10.6 Å². The van der Waals surface area contributed by atoms with Crippen molar-refractivity contribution in [2.45, 2.75) is 19.4 Å². The average Bonchev–Trinajstić information content (AvgIpc) is 3.03. The zero-order valence-electron chi connectivity index (χ0n) is 15.7. The van der Waals surface area contributed by atoms with Gasteiger partial charge < -0.3 is 10.1 Å². The van der Waals surface area contributed by atoms with Crippen molar-refractivity contribution in [2.75, 3.05) is 6.61 Å². The van der Waals surface area contributed by atoms with E-state index in [1.165, 1.54) is 0 Å². The van der Waals surface area contributed by atoms with Gasteiger partial charge in [-0.2, -0.15) is 0 Å². The third kappa shape index (κ3) is 6.52. The Morgan fingerprint density at radius 3 is 2.57 bits per heavy atom. The summed E-state index contributed by atoms with van der Waals surface area (Å²) in [5.74, 6) is -0.000660. The fourth-order valence-corrected chi connectivity index (χ4v) is 3.65. The summed E-state index contributed by atoms with van der Waals surface area (Å²) in [6, 6.07) is 12.4. The average molecular weight is 465 g/mol. The summed E-state index contributed by atoms with van der Waals surface area (Å²) in [4.78, 5) is 35.1. The Balaban J connectivity index is 1.42. The lowest BCUT2D eigenvalue weighted by Crippen LogP contribution is -2.22. The summed E-state index contributed by atoms with van der Waals surface area (Å²) in [6.45, 7) is 0.781. The smallest absolute Gasteiger partial charge is 0.290 e. The van der Waals surface area contributed by atoms with Gasteiger partial charge >= 0.3 is 0 Å². The Kier molecular flexibility index (Phi) is 7.79. The first-order chi connectivity index (χ1) is 14.4. The lowest BCUT2D eigenvalue weighted by Gasteiger charge is -2.09. The number of benzene rings is 2. The molecule has 9 heteroatoms. The predicted molar refractivity (Wildman–Crippen MR) is 119 cm³/mol. The van der Waals surface area contributed by atoms with Gasteiger partial charge in [-0.25, -0.2) is 0 Å². The van der Waals surface area contributed by atoms with Gasteiger partial charge in [-0.15, -0.1) is 0 Å². The van der Waals surface area contributed by atoms with Crippen molar-refractivity contribution >= 4 is 58.1 Å². The number of hydrogen-bond donors (Lipinski definition) is 2. The molecule has 6 nitrogen and oxygen atoms in total. The molecule has 0 unspecified atom stereocenters. The number of ether oxygens (including phenoxy) is 1. The predicted octanol–water partition coefficient (Wildman–Crippen LogP) is 4.79. The van der Waals surface area contributed by atoms with Gasteiger partial charge in [0.15, 0.2) is 0 Å². The first-order valence-electron chi connectivity index (χ1n) is 9.09. The van der Waals surface area contributed by atoms with E-state index in [4.69, 9.17) is 27.9 Å². The fraction of sp³-hybridized carbons (Fsp3) is 0.190. The van der Waals surface area contributed by atoms with Gasteiger partial charge in [0.05, 0.1) is 16.5 Å². The molecule has 1 aliphatic heterocycles. The summed E-state index contributed by atoms with van der Waals surface area (Å²) < 4.78 is 5.64. The molecule has 2 aromatic rings. The van der Waals surface area contributed by atoms with E-state index in [0.29, 0.717) is 52.3 Å². The minimum atomic E-state index is -0.421. The summed E-state index contributed by atoms with van der Waals surface area (Å²) in [5, 5.41) is 5.69. The number of thioether (sulfide) groups is 1. The van der Waals surface area contributed by atoms with E-state index in [-0.39, 0.29) is 5.91 Å². The summed E-state index contributed by atoms with van der Waals surface area (Å²) in [5.41, 5.74) is 1.66. The van der Waals surface area contributed by atoms with E-state index in [2.05, 4.69) is 10.6 Å². The molecular weight excluding hydrogens is 447 g/mol. The Labute approximate surface area is 188 Å². The minimum Gasteiger partial charge on any atom is -0.492 e. The van der Waals surface area contributed by atoms with E-state index in [9.17, 15) is 14.4 Å². The molecule has 1 heterocycles. The van der Waals surface area contributed by atoms with Crippen LogP contribution in [0.4, 0.5) is 4.79 Å². The van der Waals surface area contributed by atoms with Gasteiger partial charge in [0.1, 0.15) is 5.75 Å². The number of halogens is 2. The summed E-state index contributed by atoms with van der Waals surface area (Å²) >= 11 is 12.9. The van der Waals surface area contributed by atoms with Crippen LogP contribution in [0.3, 0.4) is 0 Å². The normalized spacial score (nSPS) is 14.7. The highest BCUT2D eigenvalue weighted by atomic mass is 35.5. The fourth-order valence-electron chi connectivity index (χ4n) is 2.60. The molecule has 0 atom stereocenters. The molecule has 0 spiro atoms. The highest BCUT2D eigenvalue weighted by molar-refractivity contribution is 8.18. The molecule has 3 rings (SSSR count). The standard InChI is InChI=1S/C21H18Cl2N2O4S/c22-15-6-3-13(4-7-15)12-24-19(26)2-1-9-29-17-8-5-14(10-16(17)23)11-18-20(27)25-21(28)30-18/h3-8,10-11H,1-2,9,12H2,(H,24,26)(H,25,27,28)/b18-11-. The molecule has 3 amide bonds. The van der Waals surface area contributed by atoms with Crippen LogP contribution >= 0.6 is 35.0 Å². The van der Waals surface area contributed by atoms with Crippen molar-refractivity contribution in [3.8, 4) is 5.75 Å². The minimum absolute atomic E-state index is 0.0662. The monoisotopic (exact) mass is 464 g/mol.